The van der Waals surface area contributed by atoms with E-state index in [4.69, 9.17) is 0 Å². The summed E-state index contributed by atoms with van der Waals surface area (Å²) in [6, 6.07) is 79.5. The molecule has 0 saturated carbocycles. The molecule has 0 fully saturated rings. The lowest BCUT2D eigenvalue weighted by Gasteiger charge is -2.36. The molecular weight excluding hydrogens is 1110 g/mol. The average Bonchev–Trinajstić information content (AvgIpc) is 0.699. The second kappa shape index (κ2) is 23.5. The molecule has 466 valence electrons. The van der Waals surface area contributed by atoms with Gasteiger partial charge in [0.25, 0.3) is 0 Å². The van der Waals surface area contributed by atoms with Gasteiger partial charge >= 0.3 is 0 Å². The lowest BCUT2D eigenvalue weighted by atomic mass is 9.86. The topological polar surface area (TPSA) is 13.0 Å². The highest BCUT2D eigenvalue weighted by atomic mass is 15.2. The molecule has 0 aliphatic carbocycles. The smallest absolute Gasteiger partial charge is 0.0561 e. The van der Waals surface area contributed by atoms with Gasteiger partial charge in [0.15, 0.2) is 0 Å². The van der Waals surface area contributed by atoms with Gasteiger partial charge in [-0.25, -0.2) is 0 Å². The van der Waals surface area contributed by atoms with Crippen LogP contribution in [0.1, 0.15) is 150 Å². The zero-order chi connectivity index (χ0) is 65.7. The molecule has 0 bridgehead atoms. The summed E-state index contributed by atoms with van der Waals surface area (Å²) in [5.41, 5.74) is 28.2. The van der Waals surface area contributed by atoms with E-state index in [-0.39, 0.29) is 21.7 Å². The molecule has 92 heavy (non-hydrogen) atoms. The molecule has 0 aliphatic rings. The van der Waals surface area contributed by atoms with Crippen LogP contribution in [0, 0.1) is 55.4 Å². The number of hydrogen-bond donors (Lipinski definition) is 0. The lowest BCUT2D eigenvalue weighted by molar-refractivity contribution is 0.590. The molecule has 4 heteroatoms. The van der Waals surface area contributed by atoms with Gasteiger partial charge in [0.1, 0.15) is 0 Å². The number of benzene rings is 12. The molecule has 0 saturated heterocycles. The maximum absolute atomic E-state index is 2.58. The number of rotatable bonds is 12. The lowest BCUT2D eigenvalue weighted by Crippen LogP contribution is -2.19. The van der Waals surface area contributed by atoms with Crippen LogP contribution in [0.2, 0.25) is 0 Å². The van der Waals surface area contributed by atoms with E-state index >= 15 is 0 Å². The molecule has 0 atom stereocenters. The maximum atomic E-state index is 2.58. The number of hydrogen-bond acceptors (Lipinski definition) is 4. The Morgan fingerprint density at radius 1 is 0.207 bits per heavy atom. The molecule has 0 aromatic heterocycles. The first kappa shape index (κ1) is 63.0. The van der Waals surface area contributed by atoms with Crippen molar-refractivity contribution in [2.45, 2.75) is 160 Å². The van der Waals surface area contributed by atoms with Crippen molar-refractivity contribution in [2.24, 2.45) is 0 Å². The SMILES string of the molecule is Cc1cccc(C)c1N(c1ccc(C(C)(C)C)cc1)c1cc(N(c2ccc(C(C)(C)C)cc2)c2c(C)cccc2C)c2ccc3c(N(c4ccc(C(C)(C)C)cc4)c4c(C)cccc4C)cc(N(c4ccc(C(C)(C)C)cc4)c4c(C)cccc4C)c4ccc1c2c43. The van der Waals surface area contributed by atoms with Crippen molar-refractivity contribution in [1.29, 1.82) is 0 Å². The molecule has 0 amide bonds. The van der Waals surface area contributed by atoms with Crippen LogP contribution in [-0.4, -0.2) is 0 Å². The zero-order valence-corrected chi connectivity index (χ0v) is 58.4. The minimum Gasteiger partial charge on any atom is -0.309 e. The Bertz CT molecular complexity index is 4050. The van der Waals surface area contributed by atoms with Gasteiger partial charge in [-0.2, -0.15) is 0 Å². The predicted octanol–water partition coefficient (Wildman–Crippen LogP) is 26.1. The standard InChI is InChI=1S/C88H94N4/c1-55-25-21-26-56(2)81(55)89(67-41-33-63(34-42-67)85(9,10)11)75-53-76(90(82-57(3)27-22-28-58(82)4)68-43-35-64(36-44-68)86(12,13)14)72-51-52-74-78(92(84-61(7)31-24-32-62(84)8)70-47-39-66(40-48-70)88(18,19)20)54-77(73-50-49-71(75)79(72)80(73)74)91(83-59(5)29-23-30-60(83)6)69-45-37-65(38-46-69)87(15,16)17/h21-54H,1-20H3. The van der Waals surface area contributed by atoms with Gasteiger partial charge in [0.05, 0.1) is 45.5 Å². The first-order valence-electron chi connectivity index (χ1n) is 33.2. The number of nitrogens with zero attached hydrogens (tertiary/aromatic N) is 4. The van der Waals surface area contributed by atoms with E-state index in [0.29, 0.717) is 0 Å². The summed E-state index contributed by atoms with van der Waals surface area (Å²) >= 11 is 0. The largest absolute Gasteiger partial charge is 0.309 e. The summed E-state index contributed by atoms with van der Waals surface area (Å²) in [6.45, 7) is 45.9. The summed E-state index contributed by atoms with van der Waals surface area (Å²) in [4.78, 5) is 10.3. The van der Waals surface area contributed by atoms with Crippen LogP contribution < -0.4 is 19.6 Å². The fraction of sp³-hybridized carbons (Fsp3) is 0.273. The second-order valence-corrected chi connectivity index (χ2v) is 30.4. The highest BCUT2D eigenvalue weighted by molar-refractivity contribution is 6.33. The van der Waals surface area contributed by atoms with Crippen molar-refractivity contribution in [3.05, 3.63) is 273 Å². The van der Waals surface area contributed by atoms with Crippen LogP contribution in [0.4, 0.5) is 68.2 Å². The number of para-hydroxylation sites is 4. The van der Waals surface area contributed by atoms with Crippen LogP contribution >= 0.6 is 0 Å². The summed E-state index contributed by atoms with van der Waals surface area (Å²) in [5, 5.41) is 7.07. The normalized spacial score (nSPS) is 12.3. The molecule has 12 aromatic rings. The van der Waals surface area contributed by atoms with E-state index in [9.17, 15) is 0 Å². The molecule has 0 spiro atoms. The van der Waals surface area contributed by atoms with Crippen LogP contribution in [0.3, 0.4) is 0 Å². The van der Waals surface area contributed by atoms with E-state index in [0.717, 1.165) is 45.5 Å². The summed E-state index contributed by atoms with van der Waals surface area (Å²) in [7, 11) is 0. The van der Waals surface area contributed by atoms with Gasteiger partial charge in [0.2, 0.25) is 0 Å². The summed E-state index contributed by atoms with van der Waals surface area (Å²) < 4.78 is 0. The Morgan fingerprint density at radius 3 is 0.522 bits per heavy atom. The Morgan fingerprint density at radius 2 is 0.370 bits per heavy atom. The van der Waals surface area contributed by atoms with Gasteiger partial charge in [-0.3, -0.25) is 0 Å². The molecular formula is C88H94N4. The minimum absolute atomic E-state index is 0.0371. The third-order valence-electron chi connectivity index (χ3n) is 19.4. The molecule has 12 aromatic carbocycles. The number of anilines is 12. The molecule has 0 radical (unpaired) electrons. The first-order valence-corrected chi connectivity index (χ1v) is 33.2. The highest BCUT2D eigenvalue weighted by Gasteiger charge is 2.33. The van der Waals surface area contributed by atoms with Gasteiger partial charge in [0, 0.05) is 55.1 Å². The Kier molecular flexibility index (Phi) is 16.1. The predicted molar refractivity (Wildman–Crippen MR) is 402 cm³/mol. The van der Waals surface area contributed by atoms with E-state index in [1.807, 2.05) is 0 Å². The van der Waals surface area contributed by atoms with Crippen molar-refractivity contribution in [3.63, 3.8) is 0 Å². The van der Waals surface area contributed by atoms with Crippen LogP contribution in [0.5, 0.6) is 0 Å². The Hall–Kier alpha value is -9.12. The fourth-order valence-electron chi connectivity index (χ4n) is 14.3. The zero-order valence-electron chi connectivity index (χ0n) is 58.4. The minimum atomic E-state index is -0.0371. The Labute approximate surface area is 550 Å². The Balaban J connectivity index is 1.33. The monoisotopic (exact) mass is 1210 g/mol. The van der Waals surface area contributed by atoms with E-state index < -0.39 is 0 Å². The quantitative estimate of drug-likeness (QED) is 0.113. The maximum Gasteiger partial charge on any atom is 0.0561 e. The third kappa shape index (κ3) is 11.4. The number of aryl methyl sites for hydroxylation is 8. The van der Waals surface area contributed by atoms with Crippen molar-refractivity contribution >= 4 is 101 Å². The summed E-state index contributed by atoms with van der Waals surface area (Å²) in [6.07, 6.45) is 0. The van der Waals surface area contributed by atoms with Crippen molar-refractivity contribution in [3.8, 4) is 0 Å². The second-order valence-electron chi connectivity index (χ2n) is 30.4. The molecule has 0 unspecified atom stereocenters. The molecule has 0 N–H and O–H groups in total. The van der Waals surface area contributed by atoms with E-state index in [1.165, 1.54) is 122 Å². The van der Waals surface area contributed by atoms with Gasteiger partial charge in [-0.15, -0.1) is 0 Å². The molecule has 12 rings (SSSR count). The highest BCUT2D eigenvalue weighted by Crippen LogP contribution is 2.57. The van der Waals surface area contributed by atoms with Gasteiger partial charge in [-0.1, -0.05) is 229 Å². The first-order chi connectivity index (χ1) is 43.5. The van der Waals surface area contributed by atoms with Crippen molar-refractivity contribution < 1.29 is 0 Å². The van der Waals surface area contributed by atoms with Gasteiger partial charge < -0.3 is 19.6 Å². The summed E-state index contributed by atoms with van der Waals surface area (Å²) in [5.74, 6) is 0. The average molecular weight is 1210 g/mol. The van der Waals surface area contributed by atoms with Gasteiger partial charge in [-0.05, 0) is 204 Å². The molecule has 0 heterocycles. The molecule has 4 nitrogen and oxygen atoms in total. The fourth-order valence-corrected chi connectivity index (χ4v) is 14.3. The van der Waals surface area contributed by atoms with Crippen LogP contribution in [0.25, 0.3) is 32.3 Å². The van der Waals surface area contributed by atoms with Crippen molar-refractivity contribution in [2.75, 3.05) is 19.6 Å². The third-order valence-corrected chi connectivity index (χ3v) is 19.4. The van der Waals surface area contributed by atoms with Crippen LogP contribution in [-0.2, 0) is 21.7 Å². The van der Waals surface area contributed by atoms with Crippen molar-refractivity contribution in [1.82, 2.24) is 0 Å². The van der Waals surface area contributed by atoms with E-state index in [1.54, 1.807) is 0 Å². The van der Waals surface area contributed by atoms with E-state index in [2.05, 4.69) is 364 Å². The van der Waals surface area contributed by atoms with Crippen LogP contribution in [0.15, 0.2) is 206 Å². The molecule has 0 aliphatic heterocycles.